The maximum Gasteiger partial charge on any atom is 0.211 e. The van der Waals surface area contributed by atoms with Gasteiger partial charge in [0.2, 0.25) is 10.0 Å². The van der Waals surface area contributed by atoms with Crippen LogP contribution in [0.1, 0.15) is 44.2 Å². The predicted octanol–water partition coefficient (Wildman–Crippen LogP) is 2.95. The van der Waals surface area contributed by atoms with Gasteiger partial charge in [0, 0.05) is 11.6 Å². The van der Waals surface area contributed by atoms with E-state index in [2.05, 4.69) is 38.5 Å². The average Bonchev–Trinajstić information content (AvgIpc) is 3.15. The van der Waals surface area contributed by atoms with Crippen molar-refractivity contribution >= 4 is 10.0 Å². The van der Waals surface area contributed by atoms with Crippen LogP contribution in [0, 0.1) is 5.92 Å². The number of sulfonamides is 1. The summed E-state index contributed by atoms with van der Waals surface area (Å²) in [5.74, 6) is 0.575. The normalized spacial score (nSPS) is 26.1. The lowest BCUT2D eigenvalue weighted by atomic mass is 9.79. The first-order valence-electron chi connectivity index (χ1n) is 8.70. The molecule has 1 N–H and O–H groups in total. The second kappa shape index (κ2) is 6.01. The molecule has 1 aliphatic carbocycles. The maximum atomic E-state index is 11.9. The fourth-order valence-electron chi connectivity index (χ4n) is 4.31. The topological polar surface area (TPSA) is 64.0 Å². The van der Waals surface area contributed by atoms with E-state index in [4.69, 9.17) is 0 Å². The van der Waals surface area contributed by atoms with E-state index in [-0.39, 0.29) is 17.8 Å². The third-order valence-electron chi connectivity index (χ3n) is 5.41. The van der Waals surface area contributed by atoms with Gasteiger partial charge in [0.05, 0.1) is 30.0 Å². The summed E-state index contributed by atoms with van der Waals surface area (Å²) in [5.41, 5.74) is 3.78. The third kappa shape index (κ3) is 2.67. The van der Waals surface area contributed by atoms with Gasteiger partial charge in [0.15, 0.2) is 0 Å². The number of hydrogen-bond donors (Lipinski definition) is 1. The highest BCUT2D eigenvalue weighted by molar-refractivity contribution is 7.89. The number of benzene rings is 1. The Labute approximate surface area is 143 Å². The van der Waals surface area contributed by atoms with Crippen LogP contribution in [0.2, 0.25) is 0 Å². The molecule has 128 valence electrons. The van der Waals surface area contributed by atoms with E-state index in [0.717, 1.165) is 25.7 Å². The first-order valence-corrected chi connectivity index (χ1v) is 10.4. The van der Waals surface area contributed by atoms with E-state index >= 15 is 0 Å². The predicted molar refractivity (Wildman–Crippen MR) is 94.1 cm³/mol. The zero-order valence-corrected chi connectivity index (χ0v) is 14.7. The van der Waals surface area contributed by atoms with Gasteiger partial charge in [-0.3, -0.25) is 0 Å². The Balaban J connectivity index is 1.62. The molecule has 0 bridgehead atoms. The summed E-state index contributed by atoms with van der Waals surface area (Å²) in [6.45, 7) is 1.69. The summed E-state index contributed by atoms with van der Waals surface area (Å²) < 4.78 is 29.0. The van der Waals surface area contributed by atoms with Gasteiger partial charge < -0.3 is 4.57 Å². The number of nitrogens with one attached hydrogen (secondary N) is 1. The van der Waals surface area contributed by atoms with Gasteiger partial charge in [-0.25, -0.2) is 18.1 Å². The Morgan fingerprint density at radius 2 is 2.12 bits per heavy atom. The van der Waals surface area contributed by atoms with Crippen molar-refractivity contribution in [3.05, 3.63) is 42.4 Å². The molecule has 2 aliphatic rings. The molecule has 0 saturated heterocycles. The molecule has 6 heteroatoms. The van der Waals surface area contributed by atoms with E-state index in [0.29, 0.717) is 5.92 Å². The maximum absolute atomic E-state index is 11.9. The van der Waals surface area contributed by atoms with Crippen LogP contribution in [0.25, 0.3) is 11.3 Å². The molecular weight excluding hydrogens is 322 g/mol. The molecule has 0 radical (unpaired) electrons. The van der Waals surface area contributed by atoms with Crippen LogP contribution in [0.15, 0.2) is 36.8 Å². The van der Waals surface area contributed by atoms with Crippen molar-refractivity contribution in [2.75, 3.05) is 5.75 Å². The summed E-state index contributed by atoms with van der Waals surface area (Å²) in [4.78, 5) is 4.33. The Morgan fingerprint density at radius 3 is 2.96 bits per heavy atom. The van der Waals surface area contributed by atoms with Gasteiger partial charge in [0.25, 0.3) is 0 Å². The molecule has 3 unspecified atom stereocenters. The molecule has 1 aliphatic heterocycles. The van der Waals surface area contributed by atoms with Crippen molar-refractivity contribution in [3.8, 4) is 11.3 Å². The molecule has 5 nitrogen and oxygen atoms in total. The molecule has 1 aromatic heterocycles. The fraction of sp³-hybridized carbons (Fsp3) is 0.500. The molecule has 2 aromatic rings. The molecule has 2 heterocycles. The highest BCUT2D eigenvalue weighted by Gasteiger charge is 2.37. The smallest absolute Gasteiger partial charge is 0.211 e. The lowest BCUT2D eigenvalue weighted by Gasteiger charge is -2.34. The van der Waals surface area contributed by atoms with Crippen LogP contribution >= 0.6 is 0 Å². The Hall–Kier alpha value is -1.66. The minimum Gasteiger partial charge on any atom is -0.323 e. The molecule has 1 fully saturated rings. The first-order chi connectivity index (χ1) is 11.6. The second-order valence-corrected chi connectivity index (χ2v) is 8.91. The third-order valence-corrected chi connectivity index (χ3v) is 6.86. The van der Waals surface area contributed by atoms with E-state index in [1.807, 2.05) is 12.5 Å². The molecule has 0 spiro atoms. The largest absolute Gasteiger partial charge is 0.323 e. The molecule has 1 saturated carbocycles. The van der Waals surface area contributed by atoms with Crippen molar-refractivity contribution in [1.82, 2.24) is 14.3 Å². The van der Waals surface area contributed by atoms with Crippen LogP contribution in [0.3, 0.4) is 0 Å². The van der Waals surface area contributed by atoms with E-state index < -0.39 is 10.0 Å². The highest BCUT2D eigenvalue weighted by Crippen LogP contribution is 2.46. The van der Waals surface area contributed by atoms with Crippen molar-refractivity contribution < 1.29 is 8.42 Å². The number of aromatic nitrogens is 2. The van der Waals surface area contributed by atoms with Crippen molar-refractivity contribution in [1.29, 1.82) is 0 Å². The monoisotopic (exact) mass is 345 g/mol. The van der Waals surface area contributed by atoms with E-state index in [1.165, 1.54) is 16.8 Å². The van der Waals surface area contributed by atoms with E-state index in [9.17, 15) is 8.42 Å². The number of imidazole rings is 1. The van der Waals surface area contributed by atoms with Crippen LogP contribution in [0.5, 0.6) is 0 Å². The zero-order chi connectivity index (χ0) is 16.7. The molecule has 4 rings (SSSR count). The summed E-state index contributed by atoms with van der Waals surface area (Å²) in [5, 5.41) is 0. The van der Waals surface area contributed by atoms with Crippen molar-refractivity contribution in [3.63, 3.8) is 0 Å². The molecule has 0 amide bonds. The molecule has 3 atom stereocenters. The first kappa shape index (κ1) is 15.8. The molecule has 24 heavy (non-hydrogen) atoms. The van der Waals surface area contributed by atoms with Gasteiger partial charge in [-0.2, -0.15) is 0 Å². The van der Waals surface area contributed by atoms with Crippen molar-refractivity contribution in [2.45, 2.75) is 44.7 Å². The highest BCUT2D eigenvalue weighted by atomic mass is 32.2. The van der Waals surface area contributed by atoms with Gasteiger partial charge in [-0.05, 0) is 37.7 Å². The van der Waals surface area contributed by atoms with Gasteiger partial charge >= 0.3 is 0 Å². The van der Waals surface area contributed by atoms with Crippen LogP contribution < -0.4 is 4.72 Å². The summed E-state index contributed by atoms with van der Waals surface area (Å²) in [7, 11) is -3.15. The van der Waals surface area contributed by atoms with Gasteiger partial charge in [-0.1, -0.05) is 30.7 Å². The molecule has 1 aromatic carbocycles. The van der Waals surface area contributed by atoms with Crippen LogP contribution in [-0.4, -0.2) is 29.8 Å². The number of nitrogens with zero attached hydrogens (tertiary/aromatic N) is 2. The Morgan fingerprint density at radius 1 is 1.29 bits per heavy atom. The minimum absolute atomic E-state index is 0.0495. The fourth-order valence-corrected chi connectivity index (χ4v) is 5.20. The average molecular weight is 345 g/mol. The summed E-state index contributed by atoms with van der Waals surface area (Å²) >= 11 is 0. The standard InChI is InChI=1S/C18H23N3O2S/c1-2-24(22,23)20-14-7-5-6-13(10-14)18-16-9-4-3-8-15(16)17-11-19-12-21(17)18/h3-4,8-9,11-14,18,20H,2,5-7,10H2,1H3. The van der Waals surface area contributed by atoms with Crippen LogP contribution in [0.4, 0.5) is 0 Å². The lowest BCUT2D eigenvalue weighted by molar-refractivity contribution is 0.253. The lowest BCUT2D eigenvalue weighted by Crippen LogP contribution is -2.40. The number of hydrogen-bond acceptors (Lipinski definition) is 3. The van der Waals surface area contributed by atoms with Crippen molar-refractivity contribution in [2.24, 2.45) is 5.92 Å². The number of rotatable bonds is 4. The summed E-state index contributed by atoms with van der Waals surface area (Å²) in [6.07, 6.45) is 7.85. The number of fused-ring (bicyclic) bond motifs is 3. The summed E-state index contributed by atoms with van der Waals surface area (Å²) in [6, 6.07) is 8.83. The second-order valence-electron chi connectivity index (χ2n) is 6.86. The Bertz CT molecular complexity index is 843. The Kier molecular flexibility index (Phi) is 3.96. The SMILES string of the molecule is CCS(=O)(=O)NC1CCCC(C2c3ccccc3-c3cncn32)C1. The van der Waals surface area contributed by atoms with Gasteiger partial charge in [-0.15, -0.1) is 0 Å². The quantitative estimate of drug-likeness (QED) is 0.926. The minimum atomic E-state index is -3.15. The molecular formula is C18H23N3O2S. The van der Waals surface area contributed by atoms with E-state index in [1.54, 1.807) is 6.92 Å². The van der Waals surface area contributed by atoms with Gasteiger partial charge in [0.1, 0.15) is 0 Å². The van der Waals surface area contributed by atoms with Crippen LogP contribution in [-0.2, 0) is 10.0 Å². The zero-order valence-electron chi connectivity index (χ0n) is 13.9.